The molecule has 0 aliphatic heterocycles. The second-order valence-electron chi connectivity index (χ2n) is 4.77. The Bertz CT molecular complexity index is 523. The van der Waals surface area contributed by atoms with Gasteiger partial charge < -0.3 is 10.3 Å². The molecule has 2 nitrogen and oxygen atoms in total. The number of nitrogens with zero attached hydrogens (tertiary/aromatic N) is 1. The molecule has 0 spiro atoms. The molecule has 92 valence electrons. The summed E-state index contributed by atoms with van der Waals surface area (Å²) in [6, 6.07) is 4.44. The van der Waals surface area contributed by atoms with Crippen LogP contribution >= 0.6 is 0 Å². The monoisotopic (exact) mass is 230 g/mol. The molecule has 17 heavy (non-hydrogen) atoms. The smallest absolute Gasteiger partial charge is 0.0515 e. The molecule has 0 saturated heterocycles. The van der Waals surface area contributed by atoms with Crippen LogP contribution in [0.5, 0.6) is 0 Å². The first kappa shape index (κ1) is 12.2. The van der Waals surface area contributed by atoms with E-state index in [1.54, 1.807) is 0 Å². The lowest BCUT2D eigenvalue weighted by Gasteiger charge is -2.07. The molecule has 0 atom stereocenters. The van der Waals surface area contributed by atoms with E-state index in [0.29, 0.717) is 0 Å². The van der Waals surface area contributed by atoms with Crippen molar-refractivity contribution in [1.29, 1.82) is 0 Å². The van der Waals surface area contributed by atoms with Crippen LogP contribution in [0.2, 0.25) is 0 Å². The largest absolute Gasteiger partial charge is 0.347 e. The summed E-state index contributed by atoms with van der Waals surface area (Å²) in [6.07, 6.45) is 4.44. The zero-order chi connectivity index (χ0) is 12.4. The van der Waals surface area contributed by atoms with Gasteiger partial charge in [0.25, 0.3) is 0 Å². The summed E-state index contributed by atoms with van der Waals surface area (Å²) >= 11 is 0. The molecular formula is C15H22N2. The van der Waals surface area contributed by atoms with Crippen molar-refractivity contribution in [1.82, 2.24) is 4.57 Å². The van der Waals surface area contributed by atoms with Crippen LogP contribution < -0.4 is 5.73 Å². The highest BCUT2D eigenvalue weighted by molar-refractivity contribution is 5.89. The summed E-state index contributed by atoms with van der Waals surface area (Å²) in [5.74, 6) is 0. The minimum absolute atomic E-state index is 0.756. The molecule has 0 saturated carbocycles. The lowest BCUT2D eigenvalue weighted by molar-refractivity contribution is 0.668. The van der Waals surface area contributed by atoms with Crippen LogP contribution in [0, 0.1) is 13.8 Å². The number of nitrogens with two attached hydrogens (primary N) is 1. The van der Waals surface area contributed by atoms with Gasteiger partial charge in [0, 0.05) is 18.1 Å². The van der Waals surface area contributed by atoms with Crippen molar-refractivity contribution in [3.05, 3.63) is 35.0 Å². The highest BCUT2D eigenvalue weighted by Gasteiger charge is 2.11. The van der Waals surface area contributed by atoms with Gasteiger partial charge in [-0.15, -0.1) is 0 Å². The van der Waals surface area contributed by atoms with Crippen LogP contribution in [0.1, 0.15) is 30.0 Å². The molecule has 0 unspecified atom stereocenters. The Labute approximate surface area is 103 Å². The standard InChI is InChI=1S/C15H22N2/c1-4-13-10-17(9-5-8-16)15-12(3)7-6-11(2)14(13)15/h6-7,10H,4-5,8-9,16H2,1-3H3. The molecule has 0 bridgehead atoms. The number of benzene rings is 1. The molecule has 0 fully saturated rings. The summed E-state index contributed by atoms with van der Waals surface area (Å²) in [5.41, 5.74) is 11.2. The Morgan fingerprint density at radius 2 is 1.88 bits per heavy atom. The number of aryl methyl sites for hydroxylation is 4. The number of hydrogen-bond acceptors (Lipinski definition) is 1. The summed E-state index contributed by atoms with van der Waals surface area (Å²) in [6.45, 7) is 8.40. The zero-order valence-corrected chi connectivity index (χ0v) is 11.1. The molecule has 1 heterocycles. The van der Waals surface area contributed by atoms with Crippen molar-refractivity contribution >= 4 is 10.9 Å². The Balaban J connectivity index is 2.64. The van der Waals surface area contributed by atoms with Crippen LogP contribution in [-0.4, -0.2) is 11.1 Å². The van der Waals surface area contributed by atoms with E-state index in [0.717, 1.165) is 25.9 Å². The molecule has 2 heteroatoms. The summed E-state index contributed by atoms with van der Waals surface area (Å²) in [7, 11) is 0. The fraction of sp³-hybridized carbons (Fsp3) is 0.467. The van der Waals surface area contributed by atoms with Gasteiger partial charge in [0.15, 0.2) is 0 Å². The molecule has 2 N–H and O–H groups in total. The Hall–Kier alpha value is -1.28. The Kier molecular flexibility index (Phi) is 3.53. The van der Waals surface area contributed by atoms with Crippen molar-refractivity contribution < 1.29 is 0 Å². The van der Waals surface area contributed by atoms with Gasteiger partial charge in [0.1, 0.15) is 0 Å². The second kappa shape index (κ2) is 4.92. The maximum atomic E-state index is 5.61. The lowest BCUT2D eigenvalue weighted by atomic mass is 10.0. The molecule has 0 aliphatic rings. The highest BCUT2D eigenvalue weighted by Crippen LogP contribution is 2.28. The SMILES string of the molecule is CCc1cn(CCCN)c2c(C)ccc(C)c12. The summed E-state index contributed by atoms with van der Waals surface area (Å²) in [5, 5.41) is 1.45. The molecule has 2 rings (SSSR count). The quantitative estimate of drug-likeness (QED) is 0.859. The topological polar surface area (TPSA) is 30.9 Å². The first-order valence-electron chi connectivity index (χ1n) is 6.47. The second-order valence-corrected chi connectivity index (χ2v) is 4.77. The number of fused-ring (bicyclic) bond motifs is 1. The van der Waals surface area contributed by atoms with E-state index in [1.165, 1.54) is 27.6 Å². The van der Waals surface area contributed by atoms with Crippen LogP contribution in [-0.2, 0) is 13.0 Å². The Morgan fingerprint density at radius 3 is 2.53 bits per heavy atom. The van der Waals surface area contributed by atoms with Gasteiger partial charge in [0.2, 0.25) is 0 Å². The van der Waals surface area contributed by atoms with Crippen molar-refractivity contribution in [2.45, 2.75) is 40.2 Å². The zero-order valence-electron chi connectivity index (χ0n) is 11.1. The van der Waals surface area contributed by atoms with E-state index < -0.39 is 0 Å². The highest BCUT2D eigenvalue weighted by atomic mass is 15.0. The van der Waals surface area contributed by atoms with E-state index in [1.807, 2.05) is 0 Å². The van der Waals surface area contributed by atoms with Gasteiger partial charge in [-0.05, 0) is 49.9 Å². The van der Waals surface area contributed by atoms with Gasteiger partial charge in [-0.25, -0.2) is 0 Å². The fourth-order valence-corrected chi connectivity index (χ4v) is 2.59. The first-order chi connectivity index (χ1) is 8.19. The maximum Gasteiger partial charge on any atom is 0.0515 e. The van der Waals surface area contributed by atoms with Crippen molar-refractivity contribution in [3.63, 3.8) is 0 Å². The van der Waals surface area contributed by atoms with Crippen LogP contribution in [0.4, 0.5) is 0 Å². The maximum absolute atomic E-state index is 5.61. The van der Waals surface area contributed by atoms with Gasteiger partial charge in [-0.2, -0.15) is 0 Å². The minimum Gasteiger partial charge on any atom is -0.347 e. The van der Waals surface area contributed by atoms with Crippen molar-refractivity contribution in [3.8, 4) is 0 Å². The summed E-state index contributed by atoms with van der Waals surface area (Å²) in [4.78, 5) is 0. The van der Waals surface area contributed by atoms with Gasteiger partial charge >= 0.3 is 0 Å². The Morgan fingerprint density at radius 1 is 1.18 bits per heavy atom. The van der Waals surface area contributed by atoms with Gasteiger partial charge in [0.05, 0.1) is 5.52 Å². The predicted octanol–water partition coefficient (Wildman–Crippen LogP) is 3.17. The first-order valence-corrected chi connectivity index (χ1v) is 6.47. The average Bonchev–Trinajstić information content (AvgIpc) is 2.71. The predicted molar refractivity (Wildman–Crippen MR) is 74.5 cm³/mol. The fourth-order valence-electron chi connectivity index (χ4n) is 2.59. The molecule has 2 aromatic rings. The van der Waals surface area contributed by atoms with Gasteiger partial charge in [-0.3, -0.25) is 0 Å². The molecule has 1 aromatic carbocycles. The van der Waals surface area contributed by atoms with Crippen molar-refractivity contribution in [2.24, 2.45) is 5.73 Å². The van der Waals surface area contributed by atoms with Crippen LogP contribution in [0.15, 0.2) is 18.3 Å². The summed E-state index contributed by atoms with van der Waals surface area (Å²) < 4.78 is 2.38. The van der Waals surface area contributed by atoms with Crippen molar-refractivity contribution in [2.75, 3.05) is 6.54 Å². The number of hydrogen-bond donors (Lipinski definition) is 1. The van der Waals surface area contributed by atoms with E-state index in [9.17, 15) is 0 Å². The normalized spacial score (nSPS) is 11.3. The van der Waals surface area contributed by atoms with E-state index in [-0.39, 0.29) is 0 Å². The molecule has 0 radical (unpaired) electrons. The van der Waals surface area contributed by atoms with E-state index >= 15 is 0 Å². The van der Waals surface area contributed by atoms with E-state index in [4.69, 9.17) is 5.73 Å². The number of aromatic nitrogens is 1. The van der Waals surface area contributed by atoms with Gasteiger partial charge in [-0.1, -0.05) is 19.1 Å². The molecule has 0 amide bonds. The third kappa shape index (κ3) is 2.09. The third-order valence-electron chi connectivity index (χ3n) is 3.49. The van der Waals surface area contributed by atoms with Crippen LogP contribution in [0.25, 0.3) is 10.9 Å². The average molecular weight is 230 g/mol. The number of rotatable bonds is 4. The third-order valence-corrected chi connectivity index (χ3v) is 3.49. The minimum atomic E-state index is 0.756. The van der Waals surface area contributed by atoms with Crippen LogP contribution in [0.3, 0.4) is 0 Å². The lowest BCUT2D eigenvalue weighted by Crippen LogP contribution is -2.05. The molecule has 0 aliphatic carbocycles. The van der Waals surface area contributed by atoms with E-state index in [2.05, 4.69) is 43.7 Å². The molecular weight excluding hydrogens is 208 g/mol. The molecule has 1 aromatic heterocycles.